The second kappa shape index (κ2) is 8.46. The van der Waals surface area contributed by atoms with E-state index in [0.29, 0.717) is 33.5 Å². The summed E-state index contributed by atoms with van der Waals surface area (Å²) < 4.78 is 17.6. The SMILES string of the molecule is COc1ccc(C(=O)Nc2cnn(COc3cccc(Cl)c3)c2)cc1OC. The van der Waals surface area contributed by atoms with E-state index in [-0.39, 0.29) is 12.6 Å². The van der Waals surface area contributed by atoms with E-state index in [1.54, 1.807) is 59.5 Å². The van der Waals surface area contributed by atoms with E-state index in [4.69, 9.17) is 25.8 Å². The number of anilines is 1. The molecule has 0 aliphatic rings. The van der Waals surface area contributed by atoms with Crippen LogP contribution in [0.2, 0.25) is 5.02 Å². The van der Waals surface area contributed by atoms with Crippen LogP contribution in [0.1, 0.15) is 10.4 Å². The van der Waals surface area contributed by atoms with Gasteiger partial charge in [-0.25, -0.2) is 4.68 Å². The van der Waals surface area contributed by atoms with Crippen LogP contribution in [0.25, 0.3) is 0 Å². The summed E-state index contributed by atoms with van der Waals surface area (Å²) in [5.74, 6) is 1.39. The average molecular weight is 388 g/mol. The molecule has 140 valence electrons. The van der Waals surface area contributed by atoms with Gasteiger partial charge in [0.1, 0.15) is 5.75 Å². The van der Waals surface area contributed by atoms with Gasteiger partial charge in [0.25, 0.3) is 5.91 Å². The van der Waals surface area contributed by atoms with Crippen molar-refractivity contribution in [1.82, 2.24) is 9.78 Å². The minimum absolute atomic E-state index is 0.187. The third kappa shape index (κ3) is 4.71. The Balaban J connectivity index is 1.62. The molecule has 1 amide bonds. The molecule has 0 aliphatic heterocycles. The number of hydrogen-bond acceptors (Lipinski definition) is 5. The fourth-order valence-electron chi connectivity index (χ4n) is 2.38. The zero-order chi connectivity index (χ0) is 19.2. The van der Waals surface area contributed by atoms with Crippen LogP contribution in [-0.2, 0) is 6.73 Å². The molecule has 0 aliphatic carbocycles. The standard InChI is InChI=1S/C19H18ClN3O4/c1-25-17-7-6-13(8-18(17)26-2)19(24)22-15-10-21-23(11-15)12-27-16-5-3-4-14(20)9-16/h3-11H,12H2,1-2H3,(H,22,24). The first-order valence-electron chi connectivity index (χ1n) is 8.03. The van der Waals surface area contributed by atoms with E-state index in [0.717, 1.165) is 0 Å². The van der Waals surface area contributed by atoms with Crippen LogP contribution >= 0.6 is 11.6 Å². The van der Waals surface area contributed by atoms with Gasteiger partial charge in [0.05, 0.1) is 32.3 Å². The highest BCUT2D eigenvalue weighted by Crippen LogP contribution is 2.27. The van der Waals surface area contributed by atoms with Crippen LogP contribution < -0.4 is 19.5 Å². The van der Waals surface area contributed by atoms with Crippen molar-refractivity contribution in [3.8, 4) is 17.2 Å². The smallest absolute Gasteiger partial charge is 0.255 e. The summed E-state index contributed by atoms with van der Waals surface area (Å²) in [6, 6.07) is 12.0. The Hall–Kier alpha value is -3.19. The molecule has 0 unspecified atom stereocenters. The van der Waals surface area contributed by atoms with E-state index < -0.39 is 0 Å². The zero-order valence-electron chi connectivity index (χ0n) is 14.8. The van der Waals surface area contributed by atoms with Gasteiger partial charge in [0.2, 0.25) is 0 Å². The molecule has 2 aromatic carbocycles. The first-order chi connectivity index (χ1) is 13.1. The molecule has 1 aromatic heterocycles. The monoisotopic (exact) mass is 387 g/mol. The molecule has 27 heavy (non-hydrogen) atoms. The van der Waals surface area contributed by atoms with Crippen molar-refractivity contribution >= 4 is 23.2 Å². The Kier molecular flexibility index (Phi) is 5.83. The number of nitrogens with one attached hydrogen (secondary N) is 1. The van der Waals surface area contributed by atoms with Crippen molar-refractivity contribution < 1.29 is 19.0 Å². The number of benzene rings is 2. The van der Waals surface area contributed by atoms with Gasteiger partial charge in [0, 0.05) is 10.6 Å². The summed E-state index contributed by atoms with van der Waals surface area (Å²) in [4.78, 5) is 12.4. The summed E-state index contributed by atoms with van der Waals surface area (Å²) in [5.41, 5.74) is 0.986. The number of amides is 1. The van der Waals surface area contributed by atoms with Crippen LogP contribution in [0, 0.1) is 0 Å². The summed E-state index contributed by atoms with van der Waals surface area (Å²) in [5, 5.41) is 7.53. The van der Waals surface area contributed by atoms with Crippen LogP contribution in [-0.4, -0.2) is 29.9 Å². The lowest BCUT2D eigenvalue weighted by atomic mass is 10.2. The topological polar surface area (TPSA) is 74.6 Å². The average Bonchev–Trinajstić information content (AvgIpc) is 3.13. The van der Waals surface area contributed by atoms with Gasteiger partial charge in [-0.05, 0) is 36.4 Å². The molecule has 3 aromatic rings. The first kappa shape index (κ1) is 18.6. The third-order valence-electron chi connectivity index (χ3n) is 3.70. The molecule has 0 saturated heterocycles. The predicted octanol–water partition coefficient (Wildman–Crippen LogP) is 3.84. The number of carbonyl (C=O) groups excluding carboxylic acids is 1. The van der Waals surface area contributed by atoms with Crippen molar-refractivity contribution in [2.24, 2.45) is 0 Å². The molecule has 3 rings (SSSR count). The van der Waals surface area contributed by atoms with Gasteiger partial charge in [-0.1, -0.05) is 17.7 Å². The molecule has 8 heteroatoms. The van der Waals surface area contributed by atoms with Gasteiger partial charge >= 0.3 is 0 Å². The van der Waals surface area contributed by atoms with Gasteiger partial charge < -0.3 is 19.5 Å². The Morgan fingerprint density at radius 3 is 2.70 bits per heavy atom. The van der Waals surface area contributed by atoms with E-state index in [9.17, 15) is 4.79 Å². The van der Waals surface area contributed by atoms with Gasteiger partial charge in [-0.3, -0.25) is 4.79 Å². The quantitative estimate of drug-likeness (QED) is 0.666. The van der Waals surface area contributed by atoms with Gasteiger partial charge in [-0.2, -0.15) is 5.10 Å². The highest BCUT2D eigenvalue weighted by Gasteiger charge is 2.12. The number of carbonyl (C=O) groups is 1. The minimum Gasteiger partial charge on any atom is -0.493 e. The number of methoxy groups -OCH3 is 2. The zero-order valence-corrected chi connectivity index (χ0v) is 15.6. The van der Waals surface area contributed by atoms with Crippen molar-refractivity contribution in [2.45, 2.75) is 6.73 Å². The van der Waals surface area contributed by atoms with Crippen LogP contribution in [0.4, 0.5) is 5.69 Å². The van der Waals surface area contributed by atoms with Crippen molar-refractivity contribution in [3.05, 3.63) is 65.4 Å². The predicted molar refractivity (Wildman–Crippen MR) is 102 cm³/mol. The Labute approximate surface area is 161 Å². The van der Waals surface area contributed by atoms with Crippen molar-refractivity contribution in [3.63, 3.8) is 0 Å². The fraction of sp³-hybridized carbons (Fsp3) is 0.158. The van der Waals surface area contributed by atoms with Crippen molar-refractivity contribution in [1.29, 1.82) is 0 Å². The molecule has 0 radical (unpaired) electrons. The Morgan fingerprint density at radius 2 is 1.96 bits per heavy atom. The first-order valence-corrected chi connectivity index (χ1v) is 8.41. The maximum Gasteiger partial charge on any atom is 0.255 e. The Bertz CT molecular complexity index is 942. The van der Waals surface area contributed by atoms with Crippen LogP contribution in [0.15, 0.2) is 54.9 Å². The summed E-state index contributed by atoms with van der Waals surface area (Å²) in [7, 11) is 3.06. The summed E-state index contributed by atoms with van der Waals surface area (Å²) >= 11 is 5.92. The molecule has 7 nitrogen and oxygen atoms in total. The lowest BCUT2D eigenvalue weighted by molar-refractivity contribution is 0.102. The van der Waals surface area contributed by atoms with Crippen LogP contribution in [0.3, 0.4) is 0 Å². The van der Waals surface area contributed by atoms with Crippen molar-refractivity contribution in [2.75, 3.05) is 19.5 Å². The third-order valence-corrected chi connectivity index (χ3v) is 3.93. The number of nitrogens with zero attached hydrogens (tertiary/aromatic N) is 2. The summed E-state index contributed by atoms with van der Waals surface area (Å²) in [6.45, 7) is 0.187. The van der Waals surface area contributed by atoms with E-state index in [1.807, 2.05) is 0 Å². The fourth-order valence-corrected chi connectivity index (χ4v) is 2.56. The maximum absolute atomic E-state index is 12.4. The van der Waals surface area contributed by atoms with E-state index >= 15 is 0 Å². The lowest BCUT2D eigenvalue weighted by Crippen LogP contribution is -2.12. The van der Waals surface area contributed by atoms with Gasteiger partial charge in [0.15, 0.2) is 18.2 Å². The largest absolute Gasteiger partial charge is 0.493 e. The number of ether oxygens (including phenoxy) is 3. The molecule has 0 bridgehead atoms. The number of aromatic nitrogens is 2. The van der Waals surface area contributed by atoms with E-state index in [1.165, 1.54) is 14.2 Å². The minimum atomic E-state index is -0.286. The number of rotatable bonds is 7. The Morgan fingerprint density at radius 1 is 1.15 bits per heavy atom. The van der Waals surface area contributed by atoms with Gasteiger partial charge in [-0.15, -0.1) is 0 Å². The molecule has 1 heterocycles. The summed E-state index contributed by atoms with van der Waals surface area (Å²) in [6.07, 6.45) is 3.21. The molecule has 0 fully saturated rings. The number of halogens is 1. The number of hydrogen-bond donors (Lipinski definition) is 1. The highest BCUT2D eigenvalue weighted by atomic mass is 35.5. The lowest BCUT2D eigenvalue weighted by Gasteiger charge is -2.09. The van der Waals surface area contributed by atoms with Crippen LogP contribution in [0.5, 0.6) is 17.2 Å². The normalized spacial score (nSPS) is 10.3. The molecule has 0 atom stereocenters. The molecule has 1 N–H and O–H groups in total. The second-order valence-corrected chi connectivity index (χ2v) is 5.96. The maximum atomic E-state index is 12.4. The molecular formula is C19H18ClN3O4. The molecule has 0 saturated carbocycles. The van der Waals surface area contributed by atoms with E-state index in [2.05, 4.69) is 10.4 Å². The highest BCUT2D eigenvalue weighted by molar-refractivity contribution is 6.30. The second-order valence-electron chi connectivity index (χ2n) is 5.52. The molecule has 0 spiro atoms. The molecular weight excluding hydrogens is 370 g/mol.